The van der Waals surface area contributed by atoms with E-state index < -0.39 is 0 Å². The van der Waals surface area contributed by atoms with Gasteiger partial charge in [0.1, 0.15) is 0 Å². The second kappa shape index (κ2) is 13.9. The van der Waals surface area contributed by atoms with E-state index in [0.29, 0.717) is 12.8 Å². The Morgan fingerprint density at radius 3 is 1.86 bits per heavy atom. The Morgan fingerprint density at radius 1 is 0.750 bits per heavy atom. The molecule has 0 aliphatic carbocycles. The summed E-state index contributed by atoms with van der Waals surface area (Å²) in [7, 11) is 1.42. The third-order valence-corrected chi connectivity index (χ3v) is 6.16. The lowest BCUT2D eigenvalue weighted by Gasteiger charge is -2.11. The number of unbranched alkanes of at least 4 members (excludes halogenated alkanes) is 5. The van der Waals surface area contributed by atoms with Gasteiger partial charge in [-0.25, -0.2) is 0 Å². The van der Waals surface area contributed by atoms with Crippen molar-refractivity contribution in [3.63, 3.8) is 0 Å². The number of methoxy groups -OCH3 is 1. The third kappa shape index (κ3) is 8.42. The van der Waals surface area contributed by atoms with Crippen LogP contribution >= 0.6 is 0 Å². The number of rotatable bonds is 12. The molecule has 0 saturated heterocycles. The summed E-state index contributed by atoms with van der Waals surface area (Å²) in [4.78, 5) is 23.5. The van der Waals surface area contributed by atoms with Gasteiger partial charge in [-0.3, -0.25) is 9.59 Å². The van der Waals surface area contributed by atoms with Crippen LogP contribution in [0.4, 0.5) is 11.4 Å². The summed E-state index contributed by atoms with van der Waals surface area (Å²) in [5.41, 5.74) is 10.6. The lowest BCUT2D eigenvalue weighted by Crippen LogP contribution is -2.12. The van der Waals surface area contributed by atoms with E-state index in [0.717, 1.165) is 77.0 Å². The minimum atomic E-state index is -0.147. The number of nitrogens with two attached hydrogens (primary N) is 1. The van der Waals surface area contributed by atoms with Crippen molar-refractivity contribution in [3.8, 4) is 0 Å². The summed E-state index contributed by atoms with van der Waals surface area (Å²) >= 11 is 0. The van der Waals surface area contributed by atoms with E-state index in [1.165, 1.54) is 7.11 Å². The van der Waals surface area contributed by atoms with Gasteiger partial charge in [0.05, 0.1) is 7.11 Å². The van der Waals surface area contributed by atoms with Gasteiger partial charge in [0.15, 0.2) is 0 Å². The van der Waals surface area contributed by atoms with Gasteiger partial charge in [0.2, 0.25) is 5.91 Å². The minimum Gasteiger partial charge on any atom is -0.469 e. The van der Waals surface area contributed by atoms with Crippen LogP contribution in [0.2, 0.25) is 0 Å². The third-order valence-electron chi connectivity index (χ3n) is 6.16. The summed E-state index contributed by atoms with van der Waals surface area (Å²) < 4.78 is 4.65. The normalized spacial score (nSPS) is 10.6. The second-order valence-electron chi connectivity index (χ2n) is 9.02. The molecule has 0 aromatic heterocycles. The lowest BCUT2D eigenvalue weighted by atomic mass is 9.95. The molecule has 0 unspecified atom stereocenters. The highest BCUT2D eigenvalue weighted by molar-refractivity contribution is 5.91. The quantitative estimate of drug-likeness (QED) is 0.211. The molecule has 3 N–H and O–H groups in total. The van der Waals surface area contributed by atoms with Crippen molar-refractivity contribution in [2.75, 3.05) is 18.2 Å². The highest BCUT2D eigenvalue weighted by Gasteiger charge is 2.08. The number of ether oxygens (including phenoxy) is 1. The fourth-order valence-electron chi connectivity index (χ4n) is 4.13. The highest BCUT2D eigenvalue weighted by atomic mass is 16.5. The molecule has 0 heterocycles. The van der Waals surface area contributed by atoms with Gasteiger partial charge in [-0.1, -0.05) is 80.8 Å². The summed E-state index contributed by atoms with van der Waals surface area (Å²) in [5.74, 6) is -0.117. The van der Waals surface area contributed by atoms with Gasteiger partial charge in [0, 0.05) is 24.2 Å². The Bertz CT molecular complexity index is 1220. The average Bonchev–Trinajstić information content (AvgIpc) is 2.88. The predicted octanol–water partition coefficient (Wildman–Crippen LogP) is 5.16. The molecule has 3 aromatic rings. The smallest absolute Gasteiger partial charge is 0.305 e. The zero-order chi connectivity index (χ0) is 25.8. The largest absolute Gasteiger partial charge is 0.469 e. The molecule has 36 heavy (non-hydrogen) atoms. The van der Waals surface area contributed by atoms with Crippen molar-refractivity contribution >= 4 is 35.4 Å². The Hall–Kier alpha value is -3.86. The molecule has 5 nitrogen and oxygen atoms in total. The molecule has 188 valence electrons. The van der Waals surface area contributed by atoms with Crippen LogP contribution in [0.1, 0.15) is 62.5 Å². The number of carbonyl (C=O) groups is 2. The van der Waals surface area contributed by atoms with E-state index in [-0.39, 0.29) is 11.9 Å². The average molecular weight is 485 g/mol. The standard InChI is InChI=1S/C31H36N2O3/c1-23-11-13-24(14-12-23)31(25-15-19-27(32)20-16-25)26-17-21-28(22-18-26)33-29(34)9-7-5-3-4-6-8-10-30(35)36-2/h11-22H,1,3-10,32H2,2H3,(H,33,34). The van der Waals surface area contributed by atoms with Crippen LogP contribution in [0.15, 0.2) is 72.8 Å². The van der Waals surface area contributed by atoms with Gasteiger partial charge in [-0.05, 0) is 64.2 Å². The molecule has 3 rings (SSSR count). The maximum absolute atomic E-state index is 12.4. The number of benzene rings is 3. The Balaban J connectivity index is 1.55. The Morgan fingerprint density at radius 2 is 1.28 bits per heavy atom. The van der Waals surface area contributed by atoms with Gasteiger partial charge < -0.3 is 15.8 Å². The monoisotopic (exact) mass is 484 g/mol. The van der Waals surface area contributed by atoms with E-state index in [4.69, 9.17) is 5.73 Å². The van der Waals surface area contributed by atoms with E-state index in [2.05, 4.69) is 28.8 Å². The number of carbonyl (C=O) groups excluding carboxylic acids is 2. The second-order valence-corrected chi connectivity index (χ2v) is 9.02. The molecule has 1 amide bonds. The topological polar surface area (TPSA) is 81.4 Å². The van der Waals surface area contributed by atoms with Crippen LogP contribution in [-0.4, -0.2) is 19.0 Å². The first-order valence-corrected chi connectivity index (χ1v) is 12.6. The molecule has 3 aromatic carbocycles. The summed E-state index contributed by atoms with van der Waals surface area (Å²) in [6.07, 6.45) is 6.88. The van der Waals surface area contributed by atoms with Crippen LogP contribution < -0.4 is 21.5 Å². The molecule has 0 spiro atoms. The zero-order valence-electron chi connectivity index (χ0n) is 21.1. The van der Waals surface area contributed by atoms with Crippen LogP contribution in [0.3, 0.4) is 0 Å². The first-order chi connectivity index (χ1) is 17.5. The van der Waals surface area contributed by atoms with Crippen LogP contribution in [-0.2, 0) is 14.3 Å². The van der Waals surface area contributed by atoms with E-state index >= 15 is 0 Å². The van der Waals surface area contributed by atoms with E-state index in [1.807, 2.05) is 60.7 Å². The van der Waals surface area contributed by atoms with Gasteiger partial charge >= 0.3 is 5.97 Å². The Labute approximate surface area is 213 Å². The number of amides is 1. The Kier molecular flexibility index (Phi) is 10.3. The van der Waals surface area contributed by atoms with Gasteiger partial charge in [-0.15, -0.1) is 0 Å². The van der Waals surface area contributed by atoms with Crippen LogP contribution in [0.25, 0.3) is 12.2 Å². The summed E-state index contributed by atoms with van der Waals surface area (Å²) in [6.45, 7) is 3.99. The molecule has 0 fully saturated rings. The fourth-order valence-corrected chi connectivity index (χ4v) is 4.13. The number of hydrogen-bond acceptors (Lipinski definition) is 4. The highest BCUT2D eigenvalue weighted by Crippen LogP contribution is 2.23. The zero-order valence-corrected chi connectivity index (χ0v) is 21.1. The number of anilines is 2. The van der Waals surface area contributed by atoms with Crippen molar-refractivity contribution in [3.05, 3.63) is 94.4 Å². The van der Waals surface area contributed by atoms with Crippen molar-refractivity contribution in [1.82, 2.24) is 0 Å². The lowest BCUT2D eigenvalue weighted by molar-refractivity contribution is -0.140. The predicted molar refractivity (Wildman–Crippen MR) is 148 cm³/mol. The van der Waals surface area contributed by atoms with Crippen molar-refractivity contribution < 1.29 is 14.3 Å². The molecule has 0 radical (unpaired) electrons. The van der Waals surface area contributed by atoms with E-state index in [9.17, 15) is 9.59 Å². The van der Waals surface area contributed by atoms with Gasteiger partial charge in [-0.2, -0.15) is 0 Å². The fraction of sp³-hybridized carbons (Fsp3) is 0.290. The summed E-state index contributed by atoms with van der Waals surface area (Å²) in [6, 6.07) is 24.0. The van der Waals surface area contributed by atoms with Crippen molar-refractivity contribution in [2.45, 2.75) is 51.4 Å². The molecule has 0 saturated carbocycles. The molecule has 5 heteroatoms. The van der Waals surface area contributed by atoms with Crippen molar-refractivity contribution in [2.24, 2.45) is 0 Å². The van der Waals surface area contributed by atoms with Crippen LogP contribution in [0, 0.1) is 0 Å². The summed E-state index contributed by atoms with van der Waals surface area (Å²) in [5, 5.41) is 5.07. The molecule has 0 atom stereocenters. The molecular formula is C31H36N2O3. The molecule has 0 bridgehead atoms. The maximum Gasteiger partial charge on any atom is 0.305 e. The first kappa shape index (κ1) is 26.7. The minimum absolute atomic E-state index is 0.0298. The molecule has 0 aliphatic heterocycles. The first-order valence-electron chi connectivity index (χ1n) is 12.6. The SMILES string of the molecule is C=c1ccc(=C(c2ccc(N)cc2)c2ccc(NC(=O)CCCCCCCCC(=O)OC)cc2)cc1. The van der Waals surface area contributed by atoms with Crippen LogP contribution in [0.5, 0.6) is 0 Å². The molecular weight excluding hydrogens is 448 g/mol. The number of nitrogen functional groups attached to an aromatic ring is 1. The number of esters is 1. The number of hydrogen-bond donors (Lipinski definition) is 2. The maximum atomic E-state index is 12.4. The number of nitrogens with one attached hydrogen (secondary N) is 1. The van der Waals surface area contributed by atoms with Crippen molar-refractivity contribution in [1.29, 1.82) is 0 Å². The van der Waals surface area contributed by atoms with E-state index in [1.54, 1.807) is 0 Å². The molecule has 0 aliphatic rings. The van der Waals surface area contributed by atoms with Gasteiger partial charge in [0.25, 0.3) is 0 Å².